The number of hydrogen-bond acceptors (Lipinski definition) is 4. The van der Waals surface area contributed by atoms with E-state index in [2.05, 4.69) is 5.32 Å². The molecule has 1 unspecified atom stereocenters. The summed E-state index contributed by atoms with van der Waals surface area (Å²) in [5, 5.41) is 11.7. The van der Waals surface area contributed by atoms with Crippen molar-refractivity contribution in [3.05, 3.63) is 65.7 Å². The van der Waals surface area contributed by atoms with Crippen LogP contribution in [0.5, 0.6) is 5.75 Å². The summed E-state index contributed by atoms with van der Waals surface area (Å²) in [7, 11) is 1.61. The third-order valence-corrected chi connectivity index (χ3v) is 5.05. The largest absolute Gasteiger partial charge is 0.497 e. The normalized spacial score (nSPS) is 12.9. The van der Waals surface area contributed by atoms with Crippen LogP contribution in [0.1, 0.15) is 23.3 Å². The highest BCUT2D eigenvalue weighted by Gasteiger charge is 2.30. The lowest BCUT2D eigenvalue weighted by Gasteiger charge is -2.24. The molecule has 132 valence electrons. The van der Waals surface area contributed by atoms with Crippen molar-refractivity contribution in [3.63, 3.8) is 0 Å². The summed E-state index contributed by atoms with van der Waals surface area (Å²) in [4.78, 5) is 23.1. The highest BCUT2D eigenvalue weighted by Crippen LogP contribution is 2.35. The fourth-order valence-corrected chi connectivity index (χ4v) is 3.71. The van der Waals surface area contributed by atoms with Crippen molar-refractivity contribution in [1.29, 1.82) is 0 Å². The number of nitrogens with one attached hydrogen (secondary N) is 1. The second-order valence-corrected chi connectivity index (χ2v) is 6.64. The molecule has 0 heterocycles. The number of carbonyl (C=O) groups is 2. The molecule has 0 spiro atoms. The number of ether oxygens (including phenoxy) is 1. The summed E-state index contributed by atoms with van der Waals surface area (Å²) in [6, 6.07) is 16.0. The van der Waals surface area contributed by atoms with Gasteiger partial charge in [0.05, 0.1) is 12.4 Å². The zero-order valence-corrected chi connectivity index (χ0v) is 15.0. The molecule has 2 rings (SSSR count). The summed E-state index contributed by atoms with van der Waals surface area (Å²) >= 11 is 1.48. The van der Waals surface area contributed by atoms with Crippen molar-refractivity contribution in [1.82, 2.24) is 5.32 Å². The van der Waals surface area contributed by atoms with E-state index in [9.17, 15) is 14.7 Å². The van der Waals surface area contributed by atoms with E-state index in [1.54, 1.807) is 7.11 Å². The van der Waals surface area contributed by atoms with Gasteiger partial charge in [-0.05, 0) is 23.3 Å². The minimum Gasteiger partial charge on any atom is -0.497 e. The Labute approximate surface area is 151 Å². The first-order valence-electron chi connectivity index (χ1n) is 7.80. The predicted molar refractivity (Wildman–Crippen MR) is 98.7 cm³/mol. The van der Waals surface area contributed by atoms with Gasteiger partial charge in [-0.1, -0.05) is 42.5 Å². The standard InChI is InChI=1S/C19H21NO4S/c1-13(21)20-17(19(22)23)18(15-6-4-3-5-7-15)25-12-14-8-10-16(24-2)11-9-14/h3-11,17-18H,12H2,1-2H3,(H,20,21)(H,22,23)/t17-,18?/m1/s1. The van der Waals surface area contributed by atoms with Crippen LogP contribution >= 0.6 is 11.8 Å². The molecule has 2 N–H and O–H groups in total. The summed E-state index contributed by atoms with van der Waals surface area (Å²) in [5.74, 6) is -0.0212. The molecule has 0 saturated carbocycles. The number of rotatable bonds is 8. The highest BCUT2D eigenvalue weighted by atomic mass is 32.2. The van der Waals surface area contributed by atoms with Gasteiger partial charge >= 0.3 is 5.97 Å². The minimum atomic E-state index is -1.05. The maximum Gasteiger partial charge on any atom is 0.327 e. The van der Waals surface area contributed by atoms with Crippen LogP contribution in [-0.2, 0) is 15.3 Å². The van der Waals surface area contributed by atoms with Crippen molar-refractivity contribution in [2.24, 2.45) is 0 Å². The topological polar surface area (TPSA) is 75.6 Å². The number of benzene rings is 2. The van der Waals surface area contributed by atoms with E-state index in [-0.39, 0.29) is 5.91 Å². The first-order chi connectivity index (χ1) is 12.0. The predicted octanol–water partition coefficient (Wildman–Crippen LogP) is 3.26. The second-order valence-electron chi connectivity index (χ2n) is 5.51. The van der Waals surface area contributed by atoms with Gasteiger partial charge in [0.1, 0.15) is 11.8 Å². The number of thioether (sulfide) groups is 1. The lowest BCUT2D eigenvalue weighted by Crippen LogP contribution is -2.43. The zero-order chi connectivity index (χ0) is 18.2. The molecule has 2 atom stereocenters. The van der Waals surface area contributed by atoms with E-state index in [4.69, 9.17) is 4.74 Å². The fourth-order valence-electron chi connectivity index (χ4n) is 2.42. The lowest BCUT2D eigenvalue weighted by molar-refractivity contribution is -0.141. The monoisotopic (exact) mass is 359 g/mol. The molecule has 0 saturated heterocycles. The molecule has 0 aliphatic heterocycles. The summed E-state index contributed by atoms with van der Waals surface area (Å²) in [5.41, 5.74) is 1.92. The SMILES string of the molecule is COc1ccc(CSC(c2ccccc2)[C@@H](NC(C)=O)C(=O)O)cc1. The summed E-state index contributed by atoms with van der Waals surface area (Å²) < 4.78 is 5.15. The molecular formula is C19H21NO4S. The van der Waals surface area contributed by atoms with Crippen molar-refractivity contribution in [2.45, 2.75) is 24.0 Å². The summed E-state index contributed by atoms with van der Waals surface area (Å²) in [6.07, 6.45) is 0. The molecular weight excluding hydrogens is 338 g/mol. The molecule has 0 aliphatic rings. The Balaban J connectivity index is 2.21. The van der Waals surface area contributed by atoms with Crippen LogP contribution in [0.3, 0.4) is 0 Å². The van der Waals surface area contributed by atoms with Crippen molar-refractivity contribution in [2.75, 3.05) is 7.11 Å². The smallest absolute Gasteiger partial charge is 0.327 e. The first kappa shape index (κ1) is 18.9. The van der Waals surface area contributed by atoms with Gasteiger partial charge in [0.25, 0.3) is 0 Å². The van der Waals surface area contributed by atoms with E-state index >= 15 is 0 Å². The molecule has 25 heavy (non-hydrogen) atoms. The highest BCUT2D eigenvalue weighted by molar-refractivity contribution is 7.98. The molecule has 0 bridgehead atoms. The van der Waals surface area contributed by atoms with Crippen molar-refractivity contribution in [3.8, 4) is 5.75 Å². The number of carboxylic acids is 1. The van der Waals surface area contributed by atoms with Gasteiger partial charge in [-0.25, -0.2) is 4.79 Å². The van der Waals surface area contributed by atoms with Crippen LogP contribution in [0.15, 0.2) is 54.6 Å². The molecule has 0 aliphatic carbocycles. The number of amides is 1. The van der Waals surface area contributed by atoms with Gasteiger partial charge < -0.3 is 15.2 Å². The van der Waals surface area contributed by atoms with Gasteiger partial charge in [-0.3, -0.25) is 4.79 Å². The molecule has 2 aromatic rings. The number of hydrogen-bond donors (Lipinski definition) is 2. The molecule has 0 aromatic heterocycles. The van der Waals surface area contributed by atoms with Crippen LogP contribution in [0.25, 0.3) is 0 Å². The Hall–Kier alpha value is -2.47. The van der Waals surface area contributed by atoms with Gasteiger partial charge in [-0.15, -0.1) is 11.8 Å². The molecule has 1 amide bonds. The maximum absolute atomic E-state index is 11.7. The van der Waals surface area contributed by atoms with Gasteiger partial charge in [-0.2, -0.15) is 0 Å². The Morgan fingerprint density at radius 3 is 2.28 bits per heavy atom. The maximum atomic E-state index is 11.7. The molecule has 6 heteroatoms. The van der Waals surface area contributed by atoms with Gasteiger partial charge in [0.2, 0.25) is 5.91 Å². The Bertz CT molecular complexity index is 703. The van der Waals surface area contributed by atoms with Crippen LogP contribution in [-0.4, -0.2) is 30.1 Å². The minimum absolute atomic E-state index is 0.363. The van der Waals surface area contributed by atoms with Crippen LogP contribution < -0.4 is 10.1 Å². The number of methoxy groups -OCH3 is 1. The van der Waals surface area contributed by atoms with E-state index in [1.807, 2.05) is 54.6 Å². The first-order valence-corrected chi connectivity index (χ1v) is 8.85. The van der Waals surface area contributed by atoms with Crippen LogP contribution in [0.4, 0.5) is 0 Å². The van der Waals surface area contributed by atoms with Crippen LogP contribution in [0, 0.1) is 0 Å². The van der Waals surface area contributed by atoms with Crippen LogP contribution in [0.2, 0.25) is 0 Å². The number of carboxylic acid groups (broad SMARTS) is 1. The zero-order valence-electron chi connectivity index (χ0n) is 14.1. The van der Waals surface area contributed by atoms with Crippen molar-refractivity contribution < 1.29 is 19.4 Å². The van der Waals surface area contributed by atoms with E-state index < -0.39 is 17.3 Å². The fraction of sp³-hybridized carbons (Fsp3) is 0.263. The van der Waals surface area contributed by atoms with Crippen molar-refractivity contribution >= 4 is 23.6 Å². The number of carbonyl (C=O) groups excluding carboxylic acids is 1. The Morgan fingerprint density at radius 2 is 1.76 bits per heavy atom. The second kappa shape index (κ2) is 9.13. The molecule has 5 nitrogen and oxygen atoms in total. The third kappa shape index (κ3) is 5.53. The van der Waals surface area contributed by atoms with Gasteiger partial charge in [0, 0.05) is 12.7 Å². The van der Waals surface area contributed by atoms with E-state index in [0.29, 0.717) is 5.75 Å². The van der Waals surface area contributed by atoms with E-state index in [1.165, 1.54) is 18.7 Å². The average Bonchev–Trinajstić information content (AvgIpc) is 2.62. The quantitative estimate of drug-likeness (QED) is 0.757. The average molecular weight is 359 g/mol. The van der Waals surface area contributed by atoms with E-state index in [0.717, 1.165) is 16.9 Å². The Kier molecular flexibility index (Phi) is 6.89. The molecule has 0 radical (unpaired) electrons. The Morgan fingerprint density at radius 1 is 1.12 bits per heavy atom. The molecule has 2 aromatic carbocycles. The number of aliphatic carboxylic acids is 1. The lowest BCUT2D eigenvalue weighted by atomic mass is 10.1. The summed E-state index contributed by atoms with van der Waals surface area (Å²) in [6.45, 7) is 1.33. The third-order valence-electron chi connectivity index (χ3n) is 3.64. The molecule has 0 fully saturated rings. The van der Waals surface area contributed by atoms with Gasteiger partial charge in [0.15, 0.2) is 0 Å².